The SMILES string of the molecule is COc1ccccc1C1CC(Nc2cc(F)ccc2Cl)C1. The predicted molar refractivity (Wildman–Crippen MR) is 83.8 cm³/mol. The van der Waals surface area contributed by atoms with Crippen LogP contribution in [0.2, 0.25) is 5.02 Å². The number of nitrogens with one attached hydrogen (secondary N) is 1. The second kappa shape index (κ2) is 5.94. The molecule has 3 rings (SSSR count). The molecule has 0 spiro atoms. The molecular formula is C17H17ClFNO. The number of hydrogen-bond acceptors (Lipinski definition) is 2. The Morgan fingerprint density at radius 1 is 1.19 bits per heavy atom. The number of rotatable bonds is 4. The van der Waals surface area contributed by atoms with E-state index in [0.717, 1.165) is 18.6 Å². The fourth-order valence-electron chi connectivity index (χ4n) is 2.82. The first kappa shape index (κ1) is 14.2. The highest BCUT2D eigenvalue weighted by molar-refractivity contribution is 6.33. The van der Waals surface area contributed by atoms with Crippen LogP contribution in [0.3, 0.4) is 0 Å². The molecule has 0 bridgehead atoms. The molecule has 1 saturated carbocycles. The van der Waals surface area contributed by atoms with Crippen LogP contribution in [0.5, 0.6) is 5.75 Å². The Hall–Kier alpha value is -1.74. The summed E-state index contributed by atoms with van der Waals surface area (Å²) in [7, 11) is 1.69. The summed E-state index contributed by atoms with van der Waals surface area (Å²) in [5.74, 6) is 1.14. The fourth-order valence-corrected chi connectivity index (χ4v) is 2.99. The highest BCUT2D eigenvalue weighted by Gasteiger charge is 2.32. The van der Waals surface area contributed by atoms with Crippen LogP contribution >= 0.6 is 11.6 Å². The number of hydrogen-bond donors (Lipinski definition) is 1. The molecule has 1 fully saturated rings. The van der Waals surface area contributed by atoms with Gasteiger partial charge >= 0.3 is 0 Å². The first-order chi connectivity index (χ1) is 10.2. The molecule has 110 valence electrons. The molecule has 0 aromatic heterocycles. The van der Waals surface area contributed by atoms with Gasteiger partial charge in [0.25, 0.3) is 0 Å². The van der Waals surface area contributed by atoms with Gasteiger partial charge in [-0.15, -0.1) is 0 Å². The molecule has 0 saturated heterocycles. The maximum atomic E-state index is 13.2. The van der Waals surface area contributed by atoms with Gasteiger partial charge in [0.15, 0.2) is 0 Å². The van der Waals surface area contributed by atoms with Crippen LogP contribution in [0.25, 0.3) is 0 Å². The lowest BCUT2D eigenvalue weighted by molar-refractivity contribution is 0.349. The molecule has 0 heterocycles. The van der Waals surface area contributed by atoms with Gasteiger partial charge in [0.05, 0.1) is 17.8 Å². The van der Waals surface area contributed by atoms with Crippen LogP contribution in [-0.4, -0.2) is 13.2 Å². The molecule has 21 heavy (non-hydrogen) atoms. The number of anilines is 1. The van der Waals surface area contributed by atoms with E-state index in [1.807, 2.05) is 18.2 Å². The summed E-state index contributed by atoms with van der Waals surface area (Å²) in [5.41, 5.74) is 1.91. The van der Waals surface area contributed by atoms with Crippen LogP contribution in [-0.2, 0) is 0 Å². The van der Waals surface area contributed by atoms with Crippen molar-refractivity contribution in [1.29, 1.82) is 0 Å². The molecule has 2 aromatic rings. The van der Waals surface area contributed by atoms with E-state index in [-0.39, 0.29) is 5.82 Å². The van der Waals surface area contributed by atoms with Crippen molar-refractivity contribution in [3.8, 4) is 5.75 Å². The predicted octanol–water partition coefficient (Wildman–Crippen LogP) is 4.85. The van der Waals surface area contributed by atoms with E-state index in [0.29, 0.717) is 22.7 Å². The Kier molecular flexibility index (Phi) is 4.02. The van der Waals surface area contributed by atoms with Crippen LogP contribution in [0, 0.1) is 5.82 Å². The van der Waals surface area contributed by atoms with Gasteiger partial charge in [-0.25, -0.2) is 4.39 Å². The number of benzene rings is 2. The van der Waals surface area contributed by atoms with Crippen LogP contribution in [0.1, 0.15) is 24.3 Å². The first-order valence-electron chi connectivity index (χ1n) is 7.02. The van der Waals surface area contributed by atoms with Crippen molar-refractivity contribution >= 4 is 17.3 Å². The van der Waals surface area contributed by atoms with Gasteiger partial charge < -0.3 is 10.1 Å². The number of methoxy groups -OCH3 is 1. The first-order valence-corrected chi connectivity index (χ1v) is 7.39. The van der Waals surface area contributed by atoms with Crippen molar-refractivity contribution in [2.75, 3.05) is 12.4 Å². The van der Waals surface area contributed by atoms with Crippen molar-refractivity contribution in [2.45, 2.75) is 24.8 Å². The Morgan fingerprint density at radius 2 is 1.95 bits per heavy atom. The van der Waals surface area contributed by atoms with Gasteiger partial charge in [-0.05, 0) is 48.6 Å². The highest BCUT2D eigenvalue weighted by atomic mass is 35.5. The number of halogens is 2. The molecule has 1 aliphatic rings. The highest BCUT2D eigenvalue weighted by Crippen LogP contribution is 2.42. The lowest BCUT2D eigenvalue weighted by Gasteiger charge is -2.37. The molecule has 4 heteroatoms. The molecule has 1 N–H and O–H groups in total. The topological polar surface area (TPSA) is 21.3 Å². The third-order valence-electron chi connectivity index (χ3n) is 4.00. The number of para-hydroxylation sites is 1. The summed E-state index contributed by atoms with van der Waals surface area (Å²) >= 11 is 6.07. The molecule has 0 unspecified atom stereocenters. The molecule has 0 atom stereocenters. The number of ether oxygens (including phenoxy) is 1. The van der Waals surface area contributed by atoms with Gasteiger partial charge in [-0.1, -0.05) is 29.8 Å². The third kappa shape index (κ3) is 2.98. The van der Waals surface area contributed by atoms with E-state index in [9.17, 15) is 4.39 Å². The molecule has 2 aromatic carbocycles. The average Bonchev–Trinajstić information content (AvgIpc) is 2.46. The largest absolute Gasteiger partial charge is 0.496 e. The summed E-state index contributed by atoms with van der Waals surface area (Å²) in [6.45, 7) is 0. The second-order valence-corrected chi connectivity index (χ2v) is 5.78. The van der Waals surface area contributed by atoms with Crippen molar-refractivity contribution in [3.63, 3.8) is 0 Å². The van der Waals surface area contributed by atoms with Crippen LogP contribution in [0.4, 0.5) is 10.1 Å². The van der Waals surface area contributed by atoms with Gasteiger partial charge in [0.1, 0.15) is 11.6 Å². The van der Waals surface area contributed by atoms with Crippen LogP contribution in [0.15, 0.2) is 42.5 Å². The third-order valence-corrected chi connectivity index (χ3v) is 4.33. The molecular weight excluding hydrogens is 289 g/mol. The zero-order valence-electron chi connectivity index (χ0n) is 11.8. The van der Waals surface area contributed by atoms with E-state index in [1.165, 1.54) is 17.7 Å². The zero-order chi connectivity index (χ0) is 14.8. The molecule has 1 aliphatic carbocycles. The monoisotopic (exact) mass is 305 g/mol. The Labute approximate surface area is 128 Å². The maximum absolute atomic E-state index is 13.2. The minimum atomic E-state index is -0.275. The molecule has 0 radical (unpaired) electrons. The Bertz CT molecular complexity index is 640. The Balaban J connectivity index is 1.65. The quantitative estimate of drug-likeness (QED) is 0.872. The summed E-state index contributed by atoms with van der Waals surface area (Å²) in [5, 5.41) is 3.86. The molecule has 0 amide bonds. The van der Waals surface area contributed by atoms with E-state index < -0.39 is 0 Å². The summed E-state index contributed by atoms with van der Waals surface area (Å²) in [4.78, 5) is 0. The van der Waals surface area contributed by atoms with E-state index in [4.69, 9.17) is 16.3 Å². The minimum Gasteiger partial charge on any atom is -0.496 e. The van der Waals surface area contributed by atoms with E-state index in [2.05, 4.69) is 11.4 Å². The fraction of sp³-hybridized carbons (Fsp3) is 0.294. The lowest BCUT2D eigenvalue weighted by atomic mass is 9.75. The van der Waals surface area contributed by atoms with Gasteiger partial charge in [0.2, 0.25) is 0 Å². The van der Waals surface area contributed by atoms with Crippen molar-refractivity contribution in [2.24, 2.45) is 0 Å². The second-order valence-electron chi connectivity index (χ2n) is 5.38. The van der Waals surface area contributed by atoms with E-state index >= 15 is 0 Å². The summed E-state index contributed by atoms with van der Waals surface area (Å²) in [6, 6.07) is 12.8. The average molecular weight is 306 g/mol. The normalized spacial score (nSPS) is 20.7. The summed E-state index contributed by atoms with van der Waals surface area (Å²) < 4.78 is 18.6. The van der Waals surface area contributed by atoms with Crippen molar-refractivity contribution in [3.05, 3.63) is 58.9 Å². The smallest absolute Gasteiger partial charge is 0.125 e. The lowest BCUT2D eigenvalue weighted by Crippen LogP contribution is -2.34. The van der Waals surface area contributed by atoms with Crippen molar-refractivity contribution in [1.82, 2.24) is 0 Å². The minimum absolute atomic E-state index is 0.275. The van der Waals surface area contributed by atoms with Crippen LogP contribution < -0.4 is 10.1 Å². The van der Waals surface area contributed by atoms with Gasteiger partial charge in [0, 0.05) is 6.04 Å². The van der Waals surface area contributed by atoms with Crippen molar-refractivity contribution < 1.29 is 9.13 Å². The molecule has 0 aliphatic heterocycles. The maximum Gasteiger partial charge on any atom is 0.125 e. The summed E-state index contributed by atoms with van der Waals surface area (Å²) in [6.07, 6.45) is 1.99. The van der Waals surface area contributed by atoms with E-state index in [1.54, 1.807) is 13.2 Å². The Morgan fingerprint density at radius 3 is 2.71 bits per heavy atom. The van der Waals surface area contributed by atoms with Gasteiger partial charge in [-0.2, -0.15) is 0 Å². The zero-order valence-corrected chi connectivity index (χ0v) is 12.5. The molecule has 2 nitrogen and oxygen atoms in total. The van der Waals surface area contributed by atoms with Gasteiger partial charge in [-0.3, -0.25) is 0 Å². The standard InChI is InChI=1S/C17H17ClFNO/c1-21-17-5-3-2-4-14(17)11-8-13(9-11)20-16-10-12(19)6-7-15(16)18/h2-7,10-11,13,20H,8-9H2,1H3.